The summed E-state index contributed by atoms with van der Waals surface area (Å²) in [6.07, 6.45) is 7.80. The molecule has 0 amide bonds. The Bertz CT molecular complexity index is 305. The van der Waals surface area contributed by atoms with Gasteiger partial charge in [-0.2, -0.15) is 0 Å². The molecule has 0 aromatic carbocycles. The number of thiocarbonyl (C=S) groups is 1. The molecule has 2 fully saturated rings. The maximum absolute atomic E-state index is 5.40. The molecule has 0 spiro atoms. The second-order valence-corrected chi connectivity index (χ2v) is 7.31. The standard InChI is InChI=1S/C16H31N3S/c1-4-8-17-16(20)18-13-9-14-6-5-7-15(10-13)19(14)11-12(2)3/h12-15H,4-11H2,1-3H3,(H2,17,18,20)/t13?,14-,15+. The number of nitrogens with one attached hydrogen (secondary N) is 2. The number of fused-ring (bicyclic) bond motifs is 2. The lowest BCUT2D eigenvalue weighted by atomic mass is 9.81. The van der Waals surface area contributed by atoms with Crippen LogP contribution < -0.4 is 10.6 Å². The van der Waals surface area contributed by atoms with Gasteiger partial charge in [-0.25, -0.2) is 0 Å². The lowest BCUT2D eigenvalue weighted by molar-refractivity contribution is 0.0190. The predicted octanol–water partition coefficient (Wildman–Crippen LogP) is 2.90. The molecule has 2 saturated heterocycles. The van der Waals surface area contributed by atoms with E-state index in [1.54, 1.807) is 0 Å². The first-order chi connectivity index (χ1) is 9.60. The number of hydrogen-bond acceptors (Lipinski definition) is 2. The Kier molecular flexibility index (Phi) is 6.09. The summed E-state index contributed by atoms with van der Waals surface area (Å²) in [4.78, 5) is 2.79. The van der Waals surface area contributed by atoms with Crippen molar-refractivity contribution in [2.45, 2.75) is 77.4 Å². The van der Waals surface area contributed by atoms with Gasteiger partial charge in [0.05, 0.1) is 0 Å². The van der Waals surface area contributed by atoms with Crippen LogP contribution in [0, 0.1) is 5.92 Å². The van der Waals surface area contributed by atoms with E-state index in [9.17, 15) is 0 Å². The molecule has 4 heteroatoms. The summed E-state index contributed by atoms with van der Waals surface area (Å²) in [5.41, 5.74) is 0. The third kappa shape index (κ3) is 4.32. The lowest BCUT2D eigenvalue weighted by Gasteiger charge is -2.49. The van der Waals surface area contributed by atoms with Gasteiger partial charge < -0.3 is 10.6 Å². The molecule has 116 valence electrons. The van der Waals surface area contributed by atoms with Gasteiger partial charge in [-0.3, -0.25) is 4.90 Å². The van der Waals surface area contributed by atoms with Crippen LogP contribution in [-0.2, 0) is 0 Å². The van der Waals surface area contributed by atoms with Crippen LogP contribution in [-0.4, -0.2) is 41.2 Å². The van der Waals surface area contributed by atoms with Gasteiger partial charge in [0.1, 0.15) is 0 Å². The molecule has 0 aromatic heterocycles. The number of rotatable bonds is 5. The third-order valence-electron chi connectivity index (χ3n) is 4.57. The van der Waals surface area contributed by atoms with E-state index in [2.05, 4.69) is 36.3 Å². The molecular formula is C16H31N3S. The molecule has 2 N–H and O–H groups in total. The normalized spacial score (nSPS) is 30.3. The maximum Gasteiger partial charge on any atom is 0.166 e. The highest BCUT2D eigenvalue weighted by atomic mass is 32.1. The summed E-state index contributed by atoms with van der Waals surface area (Å²) in [6, 6.07) is 2.12. The van der Waals surface area contributed by atoms with Crippen LogP contribution in [0.2, 0.25) is 0 Å². The Morgan fingerprint density at radius 1 is 1.25 bits per heavy atom. The minimum atomic E-state index is 0.575. The van der Waals surface area contributed by atoms with E-state index in [0.717, 1.165) is 36.1 Å². The molecular weight excluding hydrogens is 266 g/mol. The van der Waals surface area contributed by atoms with Gasteiger partial charge >= 0.3 is 0 Å². The number of piperidine rings is 2. The Morgan fingerprint density at radius 2 is 1.90 bits per heavy atom. The van der Waals surface area contributed by atoms with Crippen molar-refractivity contribution in [2.75, 3.05) is 13.1 Å². The zero-order valence-electron chi connectivity index (χ0n) is 13.3. The van der Waals surface area contributed by atoms with Gasteiger partial charge in [0.15, 0.2) is 5.11 Å². The zero-order chi connectivity index (χ0) is 14.5. The van der Waals surface area contributed by atoms with E-state index < -0.39 is 0 Å². The summed E-state index contributed by atoms with van der Waals surface area (Å²) in [7, 11) is 0. The van der Waals surface area contributed by atoms with Crippen molar-refractivity contribution in [3.8, 4) is 0 Å². The molecule has 3 atom stereocenters. The van der Waals surface area contributed by atoms with E-state index in [-0.39, 0.29) is 0 Å². The molecule has 0 aromatic rings. The summed E-state index contributed by atoms with van der Waals surface area (Å²) in [5, 5.41) is 7.70. The molecule has 2 bridgehead atoms. The highest BCUT2D eigenvalue weighted by Crippen LogP contribution is 2.34. The average molecular weight is 298 g/mol. The molecule has 1 unspecified atom stereocenters. The highest BCUT2D eigenvalue weighted by molar-refractivity contribution is 7.80. The van der Waals surface area contributed by atoms with E-state index >= 15 is 0 Å². The van der Waals surface area contributed by atoms with Crippen LogP contribution in [0.1, 0.15) is 59.3 Å². The fourth-order valence-corrected chi connectivity index (χ4v) is 4.06. The van der Waals surface area contributed by atoms with Crippen molar-refractivity contribution >= 4 is 17.3 Å². The van der Waals surface area contributed by atoms with Crippen molar-refractivity contribution in [2.24, 2.45) is 5.92 Å². The van der Waals surface area contributed by atoms with Gasteiger partial charge in [-0.05, 0) is 50.2 Å². The van der Waals surface area contributed by atoms with Crippen LogP contribution >= 0.6 is 12.2 Å². The van der Waals surface area contributed by atoms with Gasteiger partial charge in [0, 0.05) is 31.2 Å². The van der Waals surface area contributed by atoms with Crippen molar-refractivity contribution in [1.29, 1.82) is 0 Å². The molecule has 2 aliphatic rings. The minimum Gasteiger partial charge on any atom is -0.363 e. The zero-order valence-corrected chi connectivity index (χ0v) is 14.1. The van der Waals surface area contributed by atoms with Gasteiger partial charge in [-0.1, -0.05) is 27.2 Å². The average Bonchev–Trinajstić information content (AvgIpc) is 2.36. The van der Waals surface area contributed by atoms with Gasteiger partial charge in [-0.15, -0.1) is 0 Å². The van der Waals surface area contributed by atoms with Gasteiger partial charge in [0.2, 0.25) is 0 Å². The largest absolute Gasteiger partial charge is 0.363 e. The molecule has 3 nitrogen and oxygen atoms in total. The first-order valence-electron chi connectivity index (χ1n) is 8.40. The van der Waals surface area contributed by atoms with Crippen molar-refractivity contribution in [1.82, 2.24) is 15.5 Å². The molecule has 2 heterocycles. The molecule has 0 aliphatic carbocycles. The van der Waals surface area contributed by atoms with Crippen LogP contribution in [0.4, 0.5) is 0 Å². The van der Waals surface area contributed by atoms with E-state index in [1.165, 1.54) is 38.6 Å². The van der Waals surface area contributed by atoms with Crippen LogP contribution in [0.25, 0.3) is 0 Å². The molecule has 20 heavy (non-hydrogen) atoms. The van der Waals surface area contributed by atoms with Crippen molar-refractivity contribution in [3.63, 3.8) is 0 Å². The Morgan fingerprint density at radius 3 is 2.45 bits per heavy atom. The van der Waals surface area contributed by atoms with Crippen LogP contribution in [0.5, 0.6) is 0 Å². The molecule has 0 saturated carbocycles. The van der Waals surface area contributed by atoms with E-state index in [0.29, 0.717) is 6.04 Å². The topological polar surface area (TPSA) is 27.3 Å². The second kappa shape index (κ2) is 7.60. The highest BCUT2D eigenvalue weighted by Gasteiger charge is 2.38. The van der Waals surface area contributed by atoms with Gasteiger partial charge in [0.25, 0.3) is 0 Å². The Balaban J connectivity index is 1.86. The molecule has 0 radical (unpaired) electrons. The lowest BCUT2D eigenvalue weighted by Crippen LogP contribution is -2.58. The summed E-state index contributed by atoms with van der Waals surface area (Å²) in [6.45, 7) is 9.09. The fourth-order valence-electron chi connectivity index (χ4n) is 3.79. The van der Waals surface area contributed by atoms with E-state index in [4.69, 9.17) is 12.2 Å². The van der Waals surface area contributed by atoms with Crippen LogP contribution in [0.15, 0.2) is 0 Å². The van der Waals surface area contributed by atoms with Crippen molar-refractivity contribution < 1.29 is 0 Å². The van der Waals surface area contributed by atoms with E-state index in [1.807, 2.05) is 0 Å². The first kappa shape index (κ1) is 16.0. The molecule has 2 rings (SSSR count). The Labute approximate surface area is 129 Å². The SMILES string of the molecule is CCCNC(=S)NC1C[C@H]2CCC[C@@H](C1)N2CC(C)C. The predicted molar refractivity (Wildman–Crippen MR) is 90.0 cm³/mol. The summed E-state index contributed by atoms with van der Waals surface area (Å²) >= 11 is 5.40. The minimum absolute atomic E-state index is 0.575. The monoisotopic (exact) mass is 297 g/mol. The third-order valence-corrected chi connectivity index (χ3v) is 4.83. The maximum atomic E-state index is 5.40. The molecule has 2 aliphatic heterocycles. The first-order valence-corrected chi connectivity index (χ1v) is 8.81. The van der Waals surface area contributed by atoms with Crippen molar-refractivity contribution in [3.05, 3.63) is 0 Å². The Hall–Kier alpha value is -0.350. The summed E-state index contributed by atoms with van der Waals surface area (Å²) in [5.74, 6) is 0.773. The number of hydrogen-bond donors (Lipinski definition) is 2. The smallest absolute Gasteiger partial charge is 0.166 e. The van der Waals surface area contributed by atoms with Crippen LogP contribution in [0.3, 0.4) is 0 Å². The second-order valence-electron chi connectivity index (χ2n) is 6.90. The summed E-state index contributed by atoms with van der Waals surface area (Å²) < 4.78 is 0. The quantitative estimate of drug-likeness (QED) is 0.763. The number of nitrogens with zero attached hydrogens (tertiary/aromatic N) is 1. The fraction of sp³-hybridized carbons (Fsp3) is 0.938.